The Balaban J connectivity index is 0.000000126. The minimum Gasteiger partial charge on any atom is -0.658 e. The molecule has 49 heavy (non-hydrogen) atoms. The Hall–Kier alpha value is 0.760. The third-order valence-corrected chi connectivity index (χ3v) is 15.0. The van der Waals surface area contributed by atoms with E-state index in [0.29, 0.717) is 72.5 Å². The molecule has 0 radical (unpaired) electrons. The second kappa shape index (κ2) is 17.9. The molecule has 7 heteroatoms. The van der Waals surface area contributed by atoms with Crippen LogP contribution in [0.1, 0.15) is 157 Å². The summed E-state index contributed by atoms with van der Waals surface area (Å²) < 4.78 is 0. The molecule has 9 fully saturated rings. The van der Waals surface area contributed by atoms with Crippen LogP contribution in [0.2, 0.25) is 0 Å². The zero-order valence-corrected chi connectivity index (χ0v) is 34.8. The molecule has 3 aliphatic carbocycles. The number of hydrogen-bond acceptors (Lipinski definition) is 0. The second-order valence-corrected chi connectivity index (χ2v) is 18.7. The standard InChI is InChI=1S/3C14H24N2.Na/c3*1-9-3-5-11-7-8-12-6-4-10(2)16-14(12)13(11)15-9;/h3*9-14H,3-8H2,1-2H3;/q3*-2;+1. The normalized spacial score (nSPS) is 51.8. The fraction of sp³-hybridized carbons (Fsp3) is 1.00. The average Bonchev–Trinajstić information content (AvgIpc) is 3.09. The molecule has 9 aliphatic rings. The van der Waals surface area contributed by atoms with E-state index in [4.69, 9.17) is 31.9 Å². The van der Waals surface area contributed by atoms with Gasteiger partial charge in [0.05, 0.1) is 0 Å². The van der Waals surface area contributed by atoms with Crippen LogP contribution in [0.15, 0.2) is 0 Å². The maximum atomic E-state index is 5.03. The van der Waals surface area contributed by atoms with E-state index in [2.05, 4.69) is 41.5 Å². The molecule has 6 saturated heterocycles. The van der Waals surface area contributed by atoms with Gasteiger partial charge >= 0.3 is 29.6 Å². The van der Waals surface area contributed by atoms with E-state index < -0.39 is 0 Å². The zero-order chi connectivity index (χ0) is 33.4. The topological polar surface area (TPSA) is 84.6 Å². The third kappa shape index (κ3) is 9.53. The minimum absolute atomic E-state index is 0. The van der Waals surface area contributed by atoms with Gasteiger partial charge in [-0.3, -0.25) is 0 Å². The van der Waals surface area contributed by atoms with Crippen molar-refractivity contribution < 1.29 is 29.6 Å². The molecule has 0 N–H and O–H groups in total. The Morgan fingerprint density at radius 1 is 0.224 bits per heavy atom. The van der Waals surface area contributed by atoms with E-state index >= 15 is 0 Å². The van der Waals surface area contributed by atoms with Crippen molar-refractivity contribution in [2.45, 2.75) is 230 Å². The molecule has 3 saturated carbocycles. The van der Waals surface area contributed by atoms with Gasteiger partial charge in [0.25, 0.3) is 0 Å². The van der Waals surface area contributed by atoms with E-state index in [1.165, 1.54) is 116 Å². The van der Waals surface area contributed by atoms with E-state index in [9.17, 15) is 0 Å². The largest absolute Gasteiger partial charge is 1.00 e. The van der Waals surface area contributed by atoms with E-state index in [1.54, 1.807) is 0 Å². The smallest absolute Gasteiger partial charge is 0.658 e. The molecule has 6 aliphatic heterocycles. The summed E-state index contributed by atoms with van der Waals surface area (Å²) in [5.41, 5.74) is 0. The number of fused-ring (bicyclic) bond motifs is 9. The van der Waals surface area contributed by atoms with E-state index in [1.807, 2.05) is 0 Å². The van der Waals surface area contributed by atoms with Crippen LogP contribution in [0.3, 0.4) is 0 Å². The summed E-state index contributed by atoms with van der Waals surface area (Å²) in [5.74, 6) is 5.20. The average molecular weight is 684 g/mol. The molecule has 0 aromatic rings. The molecular weight excluding hydrogens is 611 g/mol. The molecule has 276 valence electrons. The van der Waals surface area contributed by atoms with Crippen LogP contribution in [-0.2, 0) is 0 Å². The molecule has 0 spiro atoms. The van der Waals surface area contributed by atoms with Crippen molar-refractivity contribution >= 4 is 0 Å². The molecule has 0 bridgehead atoms. The second-order valence-electron chi connectivity index (χ2n) is 18.7. The quantitative estimate of drug-likeness (QED) is 0.229. The summed E-state index contributed by atoms with van der Waals surface area (Å²) in [7, 11) is 0. The zero-order valence-electron chi connectivity index (χ0n) is 32.8. The maximum absolute atomic E-state index is 5.03. The summed E-state index contributed by atoms with van der Waals surface area (Å²) in [4.78, 5) is 0. The monoisotopic (exact) mass is 684 g/mol. The summed E-state index contributed by atoms with van der Waals surface area (Å²) in [5, 5.41) is 30.2. The Morgan fingerprint density at radius 3 is 0.490 bits per heavy atom. The number of hydrogen-bond donors (Lipinski definition) is 0. The van der Waals surface area contributed by atoms with Gasteiger partial charge in [-0.05, 0) is 0 Å². The first-order valence-corrected chi connectivity index (χ1v) is 21.4. The Bertz CT molecular complexity index is 812. The third-order valence-electron chi connectivity index (χ3n) is 15.0. The first-order valence-electron chi connectivity index (χ1n) is 21.4. The molecule has 9 rings (SSSR count). The van der Waals surface area contributed by atoms with Crippen molar-refractivity contribution in [2.75, 3.05) is 0 Å². The van der Waals surface area contributed by atoms with Crippen LogP contribution in [0.4, 0.5) is 0 Å². The number of piperidine rings is 6. The fourth-order valence-corrected chi connectivity index (χ4v) is 12.1. The summed E-state index contributed by atoms with van der Waals surface area (Å²) >= 11 is 0. The van der Waals surface area contributed by atoms with Crippen molar-refractivity contribution in [3.8, 4) is 0 Å². The van der Waals surface area contributed by atoms with Crippen LogP contribution in [0.5, 0.6) is 0 Å². The van der Waals surface area contributed by atoms with Crippen molar-refractivity contribution in [2.24, 2.45) is 35.5 Å². The van der Waals surface area contributed by atoms with Gasteiger partial charge in [0.1, 0.15) is 0 Å². The Labute approximate surface area is 324 Å². The molecule has 0 aromatic heterocycles. The van der Waals surface area contributed by atoms with Gasteiger partial charge < -0.3 is 31.9 Å². The van der Waals surface area contributed by atoms with Crippen LogP contribution < -0.4 is 29.6 Å². The van der Waals surface area contributed by atoms with Gasteiger partial charge in [0.15, 0.2) is 0 Å². The van der Waals surface area contributed by atoms with Gasteiger partial charge in [-0.1, -0.05) is 193 Å². The van der Waals surface area contributed by atoms with Crippen molar-refractivity contribution in [3.05, 3.63) is 31.9 Å². The van der Waals surface area contributed by atoms with Gasteiger partial charge in [-0.25, -0.2) is 0 Å². The first kappa shape index (κ1) is 39.5. The van der Waals surface area contributed by atoms with E-state index in [-0.39, 0.29) is 29.6 Å². The predicted molar refractivity (Wildman–Crippen MR) is 204 cm³/mol. The molecule has 18 atom stereocenters. The van der Waals surface area contributed by atoms with Crippen LogP contribution in [0, 0.1) is 35.5 Å². The molecular formula is C42H72N6Na-5. The van der Waals surface area contributed by atoms with Crippen molar-refractivity contribution in [1.29, 1.82) is 0 Å². The first-order chi connectivity index (χ1) is 23.2. The van der Waals surface area contributed by atoms with Crippen molar-refractivity contribution in [3.63, 3.8) is 0 Å². The van der Waals surface area contributed by atoms with Gasteiger partial charge in [0, 0.05) is 0 Å². The number of nitrogens with zero attached hydrogens (tertiary/aromatic N) is 6. The maximum Gasteiger partial charge on any atom is 1.00 e. The molecule has 0 aromatic carbocycles. The van der Waals surface area contributed by atoms with Gasteiger partial charge in [0.2, 0.25) is 0 Å². The molecule has 18 unspecified atom stereocenters. The van der Waals surface area contributed by atoms with Gasteiger partial charge in [-0.15, -0.1) is 72.5 Å². The Kier molecular flexibility index (Phi) is 14.4. The van der Waals surface area contributed by atoms with Crippen LogP contribution in [-0.4, -0.2) is 72.5 Å². The summed E-state index contributed by atoms with van der Waals surface area (Å²) in [6.07, 6.45) is 24.8. The molecule has 0 amide bonds. The van der Waals surface area contributed by atoms with Crippen LogP contribution in [0.25, 0.3) is 31.9 Å². The minimum atomic E-state index is 0. The summed E-state index contributed by atoms with van der Waals surface area (Å²) in [6.45, 7) is 13.7. The van der Waals surface area contributed by atoms with Crippen LogP contribution >= 0.6 is 0 Å². The van der Waals surface area contributed by atoms with Gasteiger partial charge in [-0.2, -0.15) is 0 Å². The number of rotatable bonds is 0. The summed E-state index contributed by atoms with van der Waals surface area (Å²) in [6, 6.07) is 7.07. The predicted octanol–water partition coefficient (Wildman–Crippen LogP) is 8.59. The molecule has 6 nitrogen and oxygen atoms in total. The van der Waals surface area contributed by atoms with Crippen molar-refractivity contribution in [1.82, 2.24) is 0 Å². The SMILES string of the molecule is CC1CCC2CCC3CCC(C)[N-]C3C2[N-]1.CC1CCC2CCC3CCC(C)[N-]C3C2[N-]1.CC1CCC2CCC3CCC(C)[N-]C3C2[N-]1.[Na+]. The Morgan fingerprint density at radius 2 is 0.347 bits per heavy atom. The molecule has 6 heterocycles. The fourth-order valence-electron chi connectivity index (χ4n) is 12.1. The van der Waals surface area contributed by atoms with E-state index in [0.717, 1.165) is 35.5 Å².